The number of morpholine rings is 1. The van der Waals surface area contributed by atoms with E-state index in [2.05, 4.69) is 15.3 Å². The normalized spacial score (nSPS) is 19.6. The van der Waals surface area contributed by atoms with Gasteiger partial charge in [-0.2, -0.15) is 9.97 Å². The maximum absolute atomic E-state index is 11.5. The van der Waals surface area contributed by atoms with Gasteiger partial charge in [-0.1, -0.05) is 0 Å². The zero-order valence-electron chi connectivity index (χ0n) is 15.4. The zero-order chi connectivity index (χ0) is 19.6. The Bertz CT molecular complexity index is 819. The van der Waals surface area contributed by atoms with Crippen molar-refractivity contribution in [3.63, 3.8) is 0 Å². The van der Waals surface area contributed by atoms with Crippen molar-refractivity contribution >= 4 is 29.0 Å². The molecule has 1 saturated heterocycles. The molecule has 10 heteroatoms. The SMILES string of the molecule is COc1ccc(Nc2nc(N3C[C@@H](C)O[C@H](C)C3)nc(N)c2[N+](=O)[O-])cc1. The molecule has 1 fully saturated rings. The number of methoxy groups -OCH3 is 1. The van der Waals surface area contributed by atoms with E-state index in [4.69, 9.17) is 15.2 Å². The molecular formula is C17H22N6O4. The molecule has 2 atom stereocenters. The van der Waals surface area contributed by atoms with E-state index in [1.54, 1.807) is 31.4 Å². The van der Waals surface area contributed by atoms with E-state index in [0.29, 0.717) is 30.5 Å². The predicted octanol–water partition coefficient (Wildman–Crippen LogP) is 2.33. The van der Waals surface area contributed by atoms with Crippen LogP contribution in [0.4, 0.5) is 29.0 Å². The standard InChI is InChI=1S/C17H22N6O4/c1-10-8-22(9-11(2)27-10)17-20-15(18)14(23(24)25)16(21-17)19-12-4-6-13(26-3)7-5-12/h4-7,10-11H,8-9H2,1-3H3,(H3,18,19,20,21)/t10-,11-/m1/s1. The third kappa shape index (κ3) is 4.17. The van der Waals surface area contributed by atoms with E-state index >= 15 is 0 Å². The van der Waals surface area contributed by atoms with Crippen molar-refractivity contribution in [2.45, 2.75) is 26.1 Å². The lowest BCUT2D eigenvalue weighted by Gasteiger charge is -2.35. The van der Waals surface area contributed by atoms with Gasteiger partial charge in [-0.15, -0.1) is 0 Å². The lowest BCUT2D eigenvalue weighted by atomic mass is 10.2. The second-order valence-electron chi connectivity index (χ2n) is 6.38. The van der Waals surface area contributed by atoms with Gasteiger partial charge in [0.15, 0.2) is 0 Å². The van der Waals surface area contributed by atoms with Crippen LogP contribution in [0.1, 0.15) is 13.8 Å². The van der Waals surface area contributed by atoms with Crippen LogP contribution in [0.5, 0.6) is 5.75 Å². The second kappa shape index (κ2) is 7.62. The lowest BCUT2D eigenvalue weighted by molar-refractivity contribution is -0.383. The highest BCUT2D eigenvalue weighted by atomic mass is 16.6. The molecule has 1 aromatic heterocycles. The topological polar surface area (TPSA) is 129 Å². The van der Waals surface area contributed by atoms with Crippen molar-refractivity contribution in [2.24, 2.45) is 0 Å². The molecule has 0 bridgehead atoms. The molecule has 10 nitrogen and oxygen atoms in total. The largest absolute Gasteiger partial charge is 0.497 e. The van der Waals surface area contributed by atoms with Gasteiger partial charge in [-0.25, -0.2) is 0 Å². The molecule has 0 amide bonds. The number of anilines is 4. The number of nitrogens with zero attached hydrogens (tertiary/aromatic N) is 4. The Morgan fingerprint density at radius 2 is 1.89 bits per heavy atom. The highest BCUT2D eigenvalue weighted by Gasteiger charge is 2.29. The van der Waals surface area contributed by atoms with Crippen LogP contribution >= 0.6 is 0 Å². The zero-order valence-corrected chi connectivity index (χ0v) is 15.4. The maximum Gasteiger partial charge on any atom is 0.353 e. The highest BCUT2D eigenvalue weighted by molar-refractivity contribution is 5.74. The molecular weight excluding hydrogens is 352 g/mol. The van der Waals surface area contributed by atoms with Gasteiger partial charge in [0.2, 0.25) is 17.6 Å². The second-order valence-corrected chi connectivity index (χ2v) is 6.38. The van der Waals surface area contributed by atoms with Crippen molar-refractivity contribution in [3.05, 3.63) is 34.4 Å². The van der Waals surface area contributed by atoms with Gasteiger partial charge >= 0.3 is 5.69 Å². The Kier molecular flexibility index (Phi) is 5.26. The number of hydrogen-bond acceptors (Lipinski definition) is 9. The number of nitrogens with two attached hydrogens (primary N) is 1. The van der Waals surface area contributed by atoms with Crippen molar-refractivity contribution < 1.29 is 14.4 Å². The summed E-state index contributed by atoms with van der Waals surface area (Å²) < 4.78 is 10.8. The maximum atomic E-state index is 11.5. The van der Waals surface area contributed by atoms with Crippen LogP contribution in [-0.4, -0.2) is 47.3 Å². The molecule has 0 spiro atoms. The molecule has 144 valence electrons. The summed E-state index contributed by atoms with van der Waals surface area (Å²) in [6, 6.07) is 6.95. The summed E-state index contributed by atoms with van der Waals surface area (Å²) in [6.45, 7) is 5.05. The third-order valence-corrected chi connectivity index (χ3v) is 4.14. The number of nitro groups is 1. The fourth-order valence-corrected chi connectivity index (χ4v) is 3.02. The van der Waals surface area contributed by atoms with Crippen molar-refractivity contribution in [3.8, 4) is 5.75 Å². The van der Waals surface area contributed by atoms with Crippen LogP contribution in [0.2, 0.25) is 0 Å². The Morgan fingerprint density at radius 1 is 1.26 bits per heavy atom. The molecule has 1 aromatic carbocycles. The molecule has 27 heavy (non-hydrogen) atoms. The summed E-state index contributed by atoms with van der Waals surface area (Å²) in [5.41, 5.74) is 6.15. The number of nitrogen functional groups attached to an aromatic ring is 1. The smallest absolute Gasteiger partial charge is 0.353 e. The molecule has 1 aliphatic heterocycles. The monoisotopic (exact) mass is 374 g/mol. The predicted molar refractivity (Wildman–Crippen MR) is 102 cm³/mol. The van der Waals surface area contributed by atoms with Crippen LogP contribution in [0.15, 0.2) is 24.3 Å². The van der Waals surface area contributed by atoms with Crippen molar-refractivity contribution in [1.29, 1.82) is 0 Å². The minimum Gasteiger partial charge on any atom is -0.497 e. The molecule has 0 aliphatic carbocycles. The first-order valence-corrected chi connectivity index (χ1v) is 8.50. The Labute approximate surface area is 156 Å². The average Bonchev–Trinajstić information content (AvgIpc) is 2.60. The quantitative estimate of drug-likeness (QED) is 0.598. The van der Waals surface area contributed by atoms with Gasteiger partial charge in [0.1, 0.15) is 5.75 Å². The molecule has 3 rings (SSSR count). The first kappa shape index (κ1) is 18.6. The summed E-state index contributed by atoms with van der Waals surface area (Å²) in [5, 5.41) is 14.4. The van der Waals surface area contributed by atoms with Gasteiger partial charge in [-0.3, -0.25) is 10.1 Å². The van der Waals surface area contributed by atoms with E-state index < -0.39 is 4.92 Å². The number of rotatable bonds is 5. The van der Waals surface area contributed by atoms with E-state index in [-0.39, 0.29) is 29.5 Å². The summed E-state index contributed by atoms with van der Waals surface area (Å²) >= 11 is 0. The first-order chi connectivity index (χ1) is 12.9. The summed E-state index contributed by atoms with van der Waals surface area (Å²) in [7, 11) is 1.56. The number of benzene rings is 1. The highest BCUT2D eigenvalue weighted by Crippen LogP contribution is 2.33. The third-order valence-electron chi connectivity index (χ3n) is 4.14. The van der Waals surface area contributed by atoms with Gasteiger partial charge in [0.05, 0.1) is 24.2 Å². The summed E-state index contributed by atoms with van der Waals surface area (Å²) in [5.74, 6) is 0.859. The van der Waals surface area contributed by atoms with Crippen LogP contribution in [0.3, 0.4) is 0 Å². The van der Waals surface area contributed by atoms with Crippen LogP contribution in [-0.2, 0) is 4.74 Å². The van der Waals surface area contributed by atoms with Crippen molar-refractivity contribution in [2.75, 3.05) is 36.1 Å². The van der Waals surface area contributed by atoms with Gasteiger partial charge < -0.3 is 25.4 Å². The Morgan fingerprint density at radius 3 is 2.44 bits per heavy atom. The average molecular weight is 374 g/mol. The Balaban J connectivity index is 1.96. The molecule has 0 saturated carbocycles. The number of aromatic nitrogens is 2. The van der Waals surface area contributed by atoms with Gasteiger partial charge in [-0.05, 0) is 38.1 Å². The minimum absolute atomic E-state index is 0.00763. The van der Waals surface area contributed by atoms with Gasteiger partial charge in [0.25, 0.3) is 0 Å². The number of ether oxygens (including phenoxy) is 2. The van der Waals surface area contributed by atoms with Crippen LogP contribution < -0.4 is 20.7 Å². The molecule has 1 aliphatic rings. The van der Waals surface area contributed by atoms with Gasteiger partial charge in [0, 0.05) is 18.8 Å². The molecule has 0 radical (unpaired) electrons. The lowest BCUT2D eigenvalue weighted by Crippen LogP contribution is -2.46. The summed E-state index contributed by atoms with van der Waals surface area (Å²) in [4.78, 5) is 21.3. The van der Waals surface area contributed by atoms with Crippen LogP contribution in [0.25, 0.3) is 0 Å². The summed E-state index contributed by atoms with van der Waals surface area (Å²) in [6.07, 6.45) is -0.0153. The molecule has 0 unspecified atom stereocenters. The van der Waals surface area contributed by atoms with E-state index in [9.17, 15) is 10.1 Å². The molecule has 2 aromatic rings. The number of nitrogens with one attached hydrogen (secondary N) is 1. The van der Waals surface area contributed by atoms with E-state index in [1.807, 2.05) is 18.7 Å². The van der Waals surface area contributed by atoms with E-state index in [0.717, 1.165) is 0 Å². The fourth-order valence-electron chi connectivity index (χ4n) is 3.02. The molecule has 2 heterocycles. The van der Waals surface area contributed by atoms with Crippen LogP contribution in [0, 0.1) is 10.1 Å². The number of hydrogen-bond donors (Lipinski definition) is 2. The minimum atomic E-state index is -0.588. The van der Waals surface area contributed by atoms with E-state index in [1.165, 1.54) is 0 Å². The Hall–Kier alpha value is -3.14. The first-order valence-electron chi connectivity index (χ1n) is 8.50. The van der Waals surface area contributed by atoms with Crippen molar-refractivity contribution in [1.82, 2.24) is 9.97 Å². The molecule has 3 N–H and O–H groups in total. The fraction of sp³-hybridized carbons (Fsp3) is 0.412.